The van der Waals surface area contributed by atoms with Crippen molar-refractivity contribution in [2.75, 3.05) is 37.4 Å². The number of nitrogens with two attached hydrogens (primary N) is 1. The third-order valence-corrected chi connectivity index (χ3v) is 2.35. The molecule has 0 aromatic carbocycles. The number of nitrogens with one attached hydrogen (secondary N) is 1. The quantitative estimate of drug-likeness (QED) is 0.701. The number of anilines is 2. The van der Waals surface area contributed by atoms with Gasteiger partial charge in [-0.15, -0.1) is 0 Å². The molecule has 20 heavy (non-hydrogen) atoms. The number of rotatable bonds is 8. The lowest BCUT2D eigenvalue weighted by Gasteiger charge is -2.17. The fraction of sp³-hybridized carbons (Fsp3) is 0.667. The van der Waals surface area contributed by atoms with Crippen LogP contribution < -0.4 is 20.7 Å². The van der Waals surface area contributed by atoms with Crippen molar-refractivity contribution in [3.8, 4) is 6.01 Å². The number of carbonyl (C=O) groups excluding carboxylic acids is 1. The first kappa shape index (κ1) is 15.9. The maximum atomic E-state index is 11.6. The molecular weight excluding hydrogens is 260 g/mol. The fourth-order valence-electron chi connectivity index (χ4n) is 1.40. The van der Waals surface area contributed by atoms with Gasteiger partial charge in [-0.05, 0) is 12.8 Å². The Labute approximate surface area is 118 Å². The van der Waals surface area contributed by atoms with E-state index < -0.39 is 0 Å². The summed E-state index contributed by atoms with van der Waals surface area (Å²) < 4.78 is 5.33. The van der Waals surface area contributed by atoms with E-state index in [9.17, 15) is 4.79 Å². The van der Waals surface area contributed by atoms with E-state index in [-0.39, 0.29) is 24.4 Å². The summed E-state index contributed by atoms with van der Waals surface area (Å²) in [6.45, 7) is 5.28. The zero-order chi connectivity index (χ0) is 15.0. The van der Waals surface area contributed by atoms with Crippen LogP contribution in [0.3, 0.4) is 0 Å². The molecule has 1 aromatic rings. The second-order valence-electron chi connectivity index (χ2n) is 4.33. The van der Waals surface area contributed by atoms with Gasteiger partial charge in [-0.1, -0.05) is 13.8 Å². The topological polar surface area (TPSA) is 106 Å². The second kappa shape index (κ2) is 8.13. The largest absolute Gasteiger partial charge is 0.463 e. The molecule has 3 N–H and O–H groups in total. The highest BCUT2D eigenvalue weighted by Crippen LogP contribution is 2.12. The van der Waals surface area contributed by atoms with Crippen LogP contribution in [0.1, 0.15) is 26.7 Å². The van der Waals surface area contributed by atoms with Crippen LogP contribution in [0.4, 0.5) is 11.9 Å². The third kappa shape index (κ3) is 5.25. The number of likely N-dealkylation sites (N-methyl/N-ethyl adjacent to an activating group) is 1. The summed E-state index contributed by atoms with van der Waals surface area (Å²) >= 11 is 0. The third-order valence-electron chi connectivity index (χ3n) is 2.35. The molecule has 0 unspecified atom stereocenters. The first-order chi connectivity index (χ1) is 9.56. The number of nitrogen functional groups attached to an aromatic ring is 1. The fourth-order valence-corrected chi connectivity index (χ4v) is 1.40. The minimum atomic E-state index is -0.0932. The normalized spacial score (nSPS) is 10.2. The zero-order valence-electron chi connectivity index (χ0n) is 12.2. The van der Waals surface area contributed by atoms with Crippen LogP contribution in [0.5, 0.6) is 6.01 Å². The van der Waals surface area contributed by atoms with Crippen LogP contribution >= 0.6 is 0 Å². The van der Waals surface area contributed by atoms with Crippen LogP contribution in [0, 0.1) is 0 Å². The lowest BCUT2D eigenvalue weighted by molar-refractivity contribution is -0.119. The Morgan fingerprint density at radius 2 is 2.05 bits per heavy atom. The van der Waals surface area contributed by atoms with Crippen molar-refractivity contribution in [2.24, 2.45) is 0 Å². The average Bonchev–Trinajstić information content (AvgIpc) is 2.42. The van der Waals surface area contributed by atoms with Gasteiger partial charge in [0.15, 0.2) is 0 Å². The van der Waals surface area contributed by atoms with Gasteiger partial charge in [0.25, 0.3) is 0 Å². The Morgan fingerprint density at radius 1 is 1.30 bits per heavy atom. The minimum Gasteiger partial charge on any atom is -0.463 e. The zero-order valence-corrected chi connectivity index (χ0v) is 12.2. The second-order valence-corrected chi connectivity index (χ2v) is 4.33. The van der Waals surface area contributed by atoms with Gasteiger partial charge in [-0.2, -0.15) is 15.0 Å². The number of hydrogen-bond donors (Lipinski definition) is 2. The minimum absolute atomic E-state index is 0.0712. The molecule has 0 saturated heterocycles. The van der Waals surface area contributed by atoms with Gasteiger partial charge in [-0.25, -0.2) is 0 Å². The van der Waals surface area contributed by atoms with Crippen molar-refractivity contribution in [1.82, 2.24) is 20.3 Å². The summed E-state index contributed by atoms with van der Waals surface area (Å²) in [6, 6.07) is 0.176. The number of aromatic nitrogens is 3. The molecule has 0 saturated carbocycles. The Morgan fingerprint density at radius 3 is 2.70 bits per heavy atom. The van der Waals surface area contributed by atoms with Crippen molar-refractivity contribution in [2.45, 2.75) is 26.7 Å². The van der Waals surface area contributed by atoms with Crippen molar-refractivity contribution >= 4 is 17.8 Å². The average molecular weight is 282 g/mol. The molecule has 1 aromatic heterocycles. The van der Waals surface area contributed by atoms with Crippen LogP contribution in [-0.4, -0.2) is 47.6 Å². The summed E-state index contributed by atoms with van der Waals surface area (Å²) in [4.78, 5) is 25.3. The summed E-state index contributed by atoms with van der Waals surface area (Å²) in [7, 11) is 1.71. The van der Waals surface area contributed by atoms with Gasteiger partial charge < -0.3 is 20.7 Å². The Balaban J connectivity index is 2.68. The van der Waals surface area contributed by atoms with Crippen molar-refractivity contribution in [1.29, 1.82) is 0 Å². The molecule has 0 aliphatic heterocycles. The highest BCUT2D eigenvalue weighted by Gasteiger charge is 2.12. The smallest absolute Gasteiger partial charge is 0.323 e. The number of carbonyl (C=O) groups is 1. The van der Waals surface area contributed by atoms with Crippen molar-refractivity contribution in [3.63, 3.8) is 0 Å². The summed E-state index contributed by atoms with van der Waals surface area (Å²) in [5.41, 5.74) is 5.61. The molecule has 8 heteroatoms. The molecule has 1 heterocycles. The van der Waals surface area contributed by atoms with Crippen LogP contribution in [-0.2, 0) is 4.79 Å². The van der Waals surface area contributed by atoms with Crippen LogP contribution in [0.15, 0.2) is 0 Å². The van der Waals surface area contributed by atoms with E-state index in [1.165, 1.54) is 0 Å². The molecule has 0 radical (unpaired) electrons. The molecule has 1 rings (SSSR count). The lowest BCUT2D eigenvalue weighted by Crippen LogP contribution is -2.36. The maximum Gasteiger partial charge on any atom is 0.323 e. The lowest BCUT2D eigenvalue weighted by atomic mass is 10.4. The van der Waals surface area contributed by atoms with Crippen LogP contribution in [0.25, 0.3) is 0 Å². The molecule has 112 valence electrons. The monoisotopic (exact) mass is 282 g/mol. The van der Waals surface area contributed by atoms with E-state index in [0.717, 1.165) is 12.8 Å². The summed E-state index contributed by atoms with van der Waals surface area (Å²) in [5.74, 6) is 0.293. The number of nitrogens with zero attached hydrogens (tertiary/aromatic N) is 4. The number of amides is 1. The molecule has 8 nitrogen and oxygen atoms in total. The summed E-state index contributed by atoms with van der Waals surface area (Å²) in [6.07, 6.45) is 1.74. The summed E-state index contributed by atoms with van der Waals surface area (Å²) in [5, 5.41) is 2.78. The molecular formula is C12H22N6O2. The first-order valence-electron chi connectivity index (χ1n) is 6.69. The van der Waals surface area contributed by atoms with E-state index in [2.05, 4.69) is 20.3 Å². The van der Waals surface area contributed by atoms with Gasteiger partial charge in [0.05, 0.1) is 13.2 Å². The predicted molar refractivity (Wildman–Crippen MR) is 76.6 cm³/mol. The molecule has 0 fully saturated rings. The maximum absolute atomic E-state index is 11.6. The van der Waals surface area contributed by atoms with E-state index in [1.807, 2.05) is 13.8 Å². The Kier molecular flexibility index (Phi) is 6.48. The van der Waals surface area contributed by atoms with Gasteiger partial charge in [0.1, 0.15) is 0 Å². The van der Waals surface area contributed by atoms with E-state index >= 15 is 0 Å². The SMILES string of the molecule is CCCNC(=O)CN(C)c1nc(N)nc(OCCC)n1. The Hall–Kier alpha value is -2.12. The Bertz CT molecular complexity index is 440. The van der Waals surface area contributed by atoms with Crippen molar-refractivity contribution < 1.29 is 9.53 Å². The molecule has 0 bridgehead atoms. The van der Waals surface area contributed by atoms with E-state index in [4.69, 9.17) is 10.5 Å². The standard InChI is InChI=1S/C12H22N6O2/c1-4-6-14-9(19)8-18(3)11-15-10(13)16-12(17-11)20-7-5-2/h4-8H2,1-3H3,(H,14,19)(H2,13,15,16,17). The van der Waals surface area contributed by atoms with Crippen molar-refractivity contribution in [3.05, 3.63) is 0 Å². The van der Waals surface area contributed by atoms with Gasteiger partial charge in [-0.3, -0.25) is 4.79 Å². The van der Waals surface area contributed by atoms with Gasteiger partial charge >= 0.3 is 6.01 Å². The van der Waals surface area contributed by atoms with Gasteiger partial charge in [0, 0.05) is 13.6 Å². The highest BCUT2D eigenvalue weighted by atomic mass is 16.5. The highest BCUT2D eigenvalue weighted by molar-refractivity contribution is 5.80. The molecule has 0 atom stereocenters. The number of ether oxygens (including phenoxy) is 1. The predicted octanol–water partition coefficient (Wildman–Crippen LogP) is 0.205. The van der Waals surface area contributed by atoms with E-state index in [0.29, 0.717) is 19.1 Å². The molecule has 0 aliphatic rings. The first-order valence-corrected chi connectivity index (χ1v) is 6.69. The molecule has 1 amide bonds. The van der Waals surface area contributed by atoms with E-state index in [1.54, 1.807) is 11.9 Å². The van der Waals surface area contributed by atoms with Crippen LogP contribution in [0.2, 0.25) is 0 Å². The molecule has 0 spiro atoms. The van der Waals surface area contributed by atoms with Gasteiger partial charge in [0.2, 0.25) is 17.8 Å². The number of hydrogen-bond acceptors (Lipinski definition) is 7. The molecule has 0 aliphatic carbocycles.